The molecule has 1 aromatic carbocycles. The van der Waals surface area contributed by atoms with Crippen LogP contribution in [0.25, 0.3) is 0 Å². The van der Waals surface area contributed by atoms with Crippen LogP contribution >= 0.6 is 0 Å². The summed E-state index contributed by atoms with van der Waals surface area (Å²) < 4.78 is 33.8. The van der Waals surface area contributed by atoms with Crippen molar-refractivity contribution in [3.63, 3.8) is 0 Å². The first kappa shape index (κ1) is 17.0. The van der Waals surface area contributed by atoms with Gasteiger partial charge in [0.1, 0.15) is 23.4 Å². The SMILES string of the molecule is CCOC(=O)C(F)C(O)c1c(OC)cc(OC)cc1OC. The molecule has 0 radical (unpaired) electrons. The Morgan fingerprint density at radius 3 is 2.10 bits per heavy atom. The number of esters is 1. The van der Waals surface area contributed by atoms with Gasteiger partial charge in [-0.15, -0.1) is 0 Å². The zero-order chi connectivity index (χ0) is 16.0. The molecule has 0 saturated carbocycles. The lowest BCUT2D eigenvalue weighted by atomic mass is 10.0. The second kappa shape index (κ2) is 7.68. The fourth-order valence-electron chi connectivity index (χ4n) is 1.82. The third-order valence-corrected chi connectivity index (χ3v) is 2.84. The van der Waals surface area contributed by atoms with E-state index in [4.69, 9.17) is 14.2 Å². The first-order valence-electron chi connectivity index (χ1n) is 6.28. The van der Waals surface area contributed by atoms with Gasteiger partial charge in [0.15, 0.2) is 0 Å². The van der Waals surface area contributed by atoms with E-state index in [1.165, 1.54) is 33.5 Å². The van der Waals surface area contributed by atoms with E-state index in [1.807, 2.05) is 0 Å². The molecule has 1 rings (SSSR count). The van der Waals surface area contributed by atoms with E-state index < -0.39 is 18.2 Å². The summed E-state index contributed by atoms with van der Waals surface area (Å²) in [5, 5.41) is 10.1. The van der Waals surface area contributed by atoms with Gasteiger partial charge in [0.25, 0.3) is 0 Å². The minimum Gasteiger partial charge on any atom is -0.496 e. The zero-order valence-corrected chi connectivity index (χ0v) is 12.4. The van der Waals surface area contributed by atoms with E-state index in [9.17, 15) is 14.3 Å². The number of methoxy groups -OCH3 is 3. The Balaban J connectivity index is 3.23. The van der Waals surface area contributed by atoms with Crippen LogP contribution in [0.1, 0.15) is 18.6 Å². The third kappa shape index (κ3) is 3.75. The fraction of sp³-hybridized carbons (Fsp3) is 0.500. The van der Waals surface area contributed by atoms with Gasteiger partial charge < -0.3 is 24.1 Å². The van der Waals surface area contributed by atoms with Crippen LogP contribution in [-0.2, 0) is 9.53 Å². The first-order valence-corrected chi connectivity index (χ1v) is 6.28. The molecule has 0 heterocycles. The van der Waals surface area contributed by atoms with Crippen LogP contribution in [0, 0.1) is 0 Å². The molecule has 2 atom stereocenters. The van der Waals surface area contributed by atoms with E-state index in [1.54, 1.807) is 6.92 Å². The molecule has 21 heavy (non-hydrogen) atoms. The molecule has 0 saturated heterocycles. The van der Waals surface area contributed by atoms with Crippen LogP contribution in [0.4, 0.5) is 4.39 Å². The van der Waals surface area contributed by atoms with Gasteiger partial charge in [0.2, 0.25) is 6.17 Å². The first-order chi connectivity index (χ1) is 9.99. The van der Waals surface area contributed by atoms with E-state index in [0.717, 1.165) is 0 Å². The summed E-state index contributed by atoms with van der Waals surface area (Å²) in [6, 6.07) is 2.91. The number of hydrogen-bond acceptors (Lipinski definition) is 6. The van der Waals surface area contributed by atoms with Crippen molar-refractivity contribution in [2.75, 3.05) is 27.9 Å². The summed E-state index contributed by atoms with van der Waals surface area (Å²) in [5.74, 6) is -0.451. The molecule has 0 bridgehead atoms. The number of hydrogen-bond donors (Lipinski definition) is 1. The number of alkyl halides is 1. The number of rotatable bonds is 7. The molecule has 6 nitrogen and oxygen atoms in total. The lowest BCUT2D eigenvalue weighted by Crippen LogP contribution is -2.26. The quantitative estimate of drug-likeness (QED) is 0.772. The second-order valence-corrected chi connectivity index (χ2v) is 4.04. The Labute approximate surface area is 122 Å². The summed E-state index contributed by atoms with van der Waals surface area (Å²) >= 11 is 0. The largest absolute Gasteiger partial charge is 0.496 e. The number of halogens is 1. The molecule has 0 aromatic heterocycles. The molecule has 0 aliphatic rings. The molecule has 1 N–H and O–H groups in total. The monoisotopic (exact) mass is 302 g/mol. The lowest BCUT2D eigenvalue weighted by Gasteiger charge is -2.20. The number of benzene rings is 1. The minimum atomic E-state index is -2.25. The predicted molar refractivity (Wildman–Crippen MR) is 72.6 cm³/mol. The highest BCUT2D eigenvalue weighted by molar-refractivity contribution is 5.76. The predicted octanol–water partition coefficient (Wildman–Crippen LogP) is 1.65. The smallest absolute Gasteiger partial charge is 0.343 e. The van der Waals surface area contributed by atoms with Crippen molar-refractivity contribution in [1.82, 2.24) is 0 Å². The second-order valence-electron chi connectivity index (χ2n) is 4.04. The summed E-state index contributed by atoms with van der Waals surface area (Å²) in [6.45, 7) is 1.56. The number of aliphatic hydroxyl groups is 1. The zero-order valence-electron chi connectivity index (χ0n) is 12.4. The highest BCUT2D eigenvalue weighted by Gasteiger charge is 2.34. The number of carbonyl (C=O) groups excluding carboxylic acids is 1. The van der Waals surface area contributed by atoms with Crippen molar-refractivity contribution in [1.29, 1.82) is 0 Å². The summed E-state index contributed by atoms with van der Waals surface area (Å²) in [6.07, 6.45) is -4.03. The van der Waals surface area contributed by atoms with Gasteiger partial charge in [0, 0.05) is 12.1 Å². The van der Waals surface area contributed by atoms with Crippen LogP contribution in [0.5, 0.6) is 17.2 Å². The van der Waals surface area contributed by atoms with Crippen LogP contribution in [-0.4, -0.2) is 45.2 Å². The molecule has 2 unspecified atom stereocenters. The Hall–Kier alpha value is -2.02. The van der Waals surface area contributed by atoms with Crippen molar-refractivity contribution in [2.24, 2.45) is 0 Å². The molecular weight excluding hydrogens is 283 g/mol. The van der Waals surface area contributed by atoms with Gasteiger partial charge in [-0.3, -0.25) is 0 Å². The standard InChI is InChI=1S/C14H19FO6/c1-5-21-14(17)12(15)13(16)11-9(19-3)6-8(18-2)7-10(11)20-4/h6-7,12-13,16H,5H2,1-4H3. The molecule has 0 aliphatic heterocycles. The number of carbonyl (C=O) groups is 1. The van der Waals surface area contributed by atoms with Gasteiger partial charge in [-0.2, -0.15) is 0 Å². The van der Waals surface area contributed by atoms with Crippen LogP contribution in [0.2, 0.25) is 0 Å². The average molecular weight is 302 g/mol. The Kier molecular flexibility index (Phi) is 6.23. The van der Waals surface area contributed by atoms with Crippen LogP contribution in [0.15, 0.2) is 12.1 Å². The van der Waals surface area contributed by atoms with Crippen molar-refractivity contribution in [3.8, 4) is 17.2 Å². The molecule has 0 fully saturated rings. The number of aliphatic hydroxyl groups excluding tert-OH is 1. The summed E-state index contributed by atoms with van der Waals surface area (Å²) in [4.78, 5) is 11.4. The van der Waals surface area contributed by atoms with Crippen molar-refractivity contribution < 1.29 is 33.2 Å². The van der Waals surface area contributed by atoms with Gasteiger partial charge in [-0.25, -0.2) is 9.18 Å². The highest BCUT2D eigenvalue weighted by Crippen LogP contribution is 2.40. The summed E-state index contributed by atoms with van der Waals surface area (Å²) in [7, 11) is 4.14. The maximum atomic E-state index is 14.0. The van der Waals surface area contributed by atoms with Crippen molar-refractivity contribution >= 4 is 5.97 Å². The van der Waals surface area contributed by atoms with Gasteiger partial charge in [0.05, 0.1) is 33.5 Å². The molecule has 0 amide bonds. The topological polar surface area (TPSA) is 74.2 Å². The Morgan fingerprint density at radius 2 is 1.71 bits per heavy atom. The molecule has 1 aromatic rings. The van der Waals surface area contributed by atoms with Gasteiger partial charge in [-0.1, -0.05) is 0 Å². The van der Waals surface area contributed by atoms with Crippen molar-refractivity contribution in [2.45, 2.75) is 19.2 Å². The molecule has 0 aliphatic carbocycles. The Bertz CT molecular complexity index is 465. The lowest BCUT2D eigenvalue weighted by molar-refractivity contribution is -0.153. The van der Waals surface area contributed by atoms with Gasteiger partial charge in [-0.05, 0) is 6.92 Å². The fourth-order valence-corrected chi connectivity index (χ4v) is 1.82. The van der Waals surface area contributed by atoms with E-state index in [2.05, 4.69) is 4.74 Å². The molecule has 7 heteroatoms. The maximum absolute atomic E-state index is 14.0. The Morgan fingerprint density at radius 1 is 1.19 bits per heavy atom. The normalized spacial score (nSPS) is 13.2. The van der Waals surface area contributed by atoms with Crippen molar-refractivity contribution in [3.05, 3.63) is 17.7 Å². The molecule has 118 valence electrons. The molecular formula is C14H19FO6. The third-order valence-electron chi connectivity index (χ3n) is 2.84. The van der Waals surface area contributed by atoms with Gasteiger partial charge >= 0.3 is 5.97 Å². The minimum absolute atomic E-state index is 0.0151. The average Bonchev–Trinajstić information content (AvgIpc) is 2.51. The van der Waals surface area contributed by atoms with E-state index in [0.29, 0.717) is 5.75 Å². The maximum Gasteiger partial charge on any atom is 0.343 e. The molecule has 0 spiro atoms. The van der Waals surface area contributed by atoms with Crippen LogP contribution < -0.4 is 14.2 Å². The highest BCUT2D eigenvalue weighted by atomic mass is 19.1. The van der Waals surface area contributed by atoms with E-state index >= 15 is 0 Å². The number of ether oxygens (including phenoxy) is 4. The van der Waals surface area contributed by atoms with Crippen LogP contribution in [0.3, 0.4) is 0 Å². The summed E-state index contributed by atoms with van der Waals surface area (Å²) in [5.41, 5.74) is 0.0151. The van der Waals surface area contributed by atoms with E-state index in [-0.39, 0.29) is 23.7 Å².